The molecule has 2 aromatic rings. The Morgan fingerprint density at radius 2 is 1.89 bits per heavy atom. The predicted octanol–water partition coefficient (Wildman–Crippen LogP) is 2.28. The molecule has 0 bridgehead atoms. The summed E-state index contributed by atoms with van der Waals surface area (Å²) in [5.74, 6) is 0. The Kier molecular flexibility index (Phi) is 10.8. The van der Waals surface area contributed by atoms with Gasteiger partial charge in [0, 0.05) is 25.6 Å². The maximum atomic E-state index is 9.08. The highest BCUT2D eigenvalue weighted by Gasteiger charge is 2.17. The monoisotopic (exact) mass is 386 g/mol. The van der Waals surface area contributed by atoms with E-state index in [2.05, 4.69) is 9.97 Å². The molecule has 7 nitrogen and oxygen atoms in total. The summed E-state index contributed by atoms with van der Waals surface area (Å²) in [4.78, 5) is 8.45. The van der Waals surface area contributed by atoms with Gasteiger partial charge in [0.25, 0.3) is 0 Å². The van der Waals surface area contributed by atoms with Gasteiger partial charge in [0.15, 0.2) is 0 Å². The van der Waals surface area contributed by atoms with Crippen LogP contribution in [0.25, 0.3) is 0 Å². The minimum absolute atomic E-state index is 0.0537. The Labute approximate surface area is 166 Å². The molecule has 0 aromatic carbocycles. The highest BCUT2D eigenvalue weighted by atomic mass is 16.3. The second kappa shape index (κ2) is 12.8. The molecule has 0 atom stereocenters. The number of rotatable bonds is 5. The van der Waals surface area contributed by atoms with E-state index in [4.69, 9.17) is 26.1 Å². The van der Waals surface area contributed by atoms with Crippen molar-refractivity contribution in [1.29, 1.82) is 10.8 Å². The molecule has 1 aliphatic rings. The quantitative estimate of drug-likeness (QED) is 0.503. The van der Waals surface area contributed by atoms with E-state index in [0.29, 0.717) is 11.4 Å². The van der Waals surface area contributed by atoms with Gasteiger partial charge in [-0.3, -0.25) is 9.97 Å². The molecule has 28 heavy (non-hydrogen) atoms. The zero-order valence-corrected chi connectivity index (χ0v) is 16.6. The molecule has 5 N–H and O–H groups in total. The summed E-state index contributed by atoms with van der Waals surface area (Å²) in [7, 11) is 1.00. The maximum Gasteiger partial charge on any atom is 0.0872 e. The molecule has 2 heterocycles. The molecular weight excluding hydrogens is 356 g/mol. The summed E-state index contributed by atoms with van der Waals surface area (Å²) in [6.45, 7) is 1.96. The van der Waals surface area contributed by atoms with Crippen molar-refractivity contribution in [2.75, 3.05) is 13.7 Å². The number of aromatic nitrogens is 2. The standard InChI is InChI=1S/C10H12N2O.C10H14N2O.CH4O/c11-9-3-1-2-8-7(6-13)4-5-12-10(8)9;1-8(11)10-6-2-4-9(12-10)5-3-7-13;1-2/h4-5,11,13H,1-3,6H2;2,4,6,11,13H,3,5,7H2,1H3;2H,1H3. The second-order valence-corrected chi connectivity index (χ2v) is 6.25. The minimum Gasteiger partial charge on any atom is -0.400 e. The van der Waals surface area contributed by atoms with Gasteiger partial charge in [0.1, 0.15) is 0 Å². The van der Waals surface area contributed by atoms with Crippen LogP contribution >= 0.6 is 0 Å². The molecule has 0 aliphatic heterocycles. The van der Waals surface area contributed by atoms with Gasteiger partial charge in [-0.2, -0.15) is 0 Å². The Bertz CT molecular complexity index is 778. The van der Waals surface area contributed by atoms with Crippen LogP contribution in [0, 0.1) is 10.8 Å². The molecule has 2 aromatic heterocycles. The maximum absolute atomic E-state index is 9.08. The molecule has 3 rings (SSSR count). The molecule has 0 saturated carbocycles. The number of aryl methyl sites for hydroxylation is 1. The molecule has 1 aliphatic carbocycles. The van der Waals surface area contributed by atoms with Gasteiger partial charge in [-0.15, -0.1) is 0 Å². The summed E-state index contributed by atoms with van der Waals surface area (Å²) in [5.41, 5.74) is 5.53. The zero-order valence-electron chi connectivity index (χ0n) is 16.6. The third kappa shape index (κ3) is 6.92. The number of hydrogen-bond acceptors (Lipinski definition) is 7. The van der Waals surface area contributed by atoms with Crippen molar-refractivity contribution in [3.63, 3.8) is 0 Å². The first-order valence-corrected chi connectivity index (χ1v) is 9.29. The van der Waals surface area contributed by atoms with Gasteiger partial charge >= 0.3 is 0 Å². The van der Waals surface area contributed by atoms with E-state index < -0.39 is 0 Å². The van der Waals surface area contributed by atoms with Gasteiger partial charge in [0.2, 0.25) is 0 Å². The van der Waals surface area contributed by atoms with Crippen LogP contribution in [0.15, 0.2) is 30.5 Å². The normalized spacial score (nSPS) is 12.1. The zero-order chi connectivity index (χ0) is 20.9. The average molecular weight is 386 g/mol. The molecule has 0 unspecified atom stereocenters. The lowest BCUT2D eigenvalue weighted by Crippen LogP contribution is -2.15. The number of aliphatic hydroxyl groups is 3. The number of nitrogens with zero attached hydrogens (tertiary/aromatic N) is 2. The predicted molar refractivity (Wildman–Crippen MR) is 110 cm³/mol. The number of pyridine rings is 2. The van der Waals surface area contributed by atoms with E-state index in [9.17, 15) is 0 Å². The van der Waals surface area contributed by atoms with Crippen molar-refractivity contribution in [2.24, 2.45) is 0 Å². The van der Waals surface area contributed by atoms with Crippen molar-refractivity contribution in [1.82, 2.24) is 9.97 Å². The average Bonchev–Trinajstić information content (AvgIpc) is 2.74. The number of hydrogen-bond donors (Lipinski definition) is 5. The summed E-state index contributed by atoms with van der Waals surface area (Å²) in [6, 6.07) is 7.47. The molecule has 0 amide bonds. The van der Waals surface area contributed by atoms with Gasteiger partial charge < -0.3 is 26.1 Å². The molecule has 0 spiro atoms. The largest absolute Gasteiger partial charge is 0.400 e. The van der Waals surface area contributed by atoms with Crippen LogP contribution in [0.5, 0.6) is 0 Å². The van der Waals surface area contributed by atoms with Crippen molar-refractivity contribution >= 4 is 11.4 Å². The van der Waals surface area contributed by atoms with Crippen LogP contribution in [0.4, 0.5) is 0 Å². The lowest BCUT2D eigenvalue weighted by atomic mass is 9.91. The number of nitrogens with one attached hydrogen (secondary N) is 2. The van der Waals surface area contributed by atoms with Crippen LogP contribution in [-0.2, 0) is 19.4 Å². The Morgan fingerprint density at radius 3 is 2.54 bits per heavy atom. The molecule has 152 valence electrons. The Hall–Kier alpha value is -2.48. The van der Waals surface area contributed by atoms with Crippen molar-refractivity contribution in [3.05, 3.63) is 58.7 Å². The minimum atomic E-state index is 0.0537. The smallest absolute Gasteiger partial charge is 0.0872 e. The molecular formula is C21H30N4O3. The van der Waals surface area contributed by atoms with Crippen LogP contribution in [-0.4, -0.2) is 50.4 Å². The second-order valence-electron chi connectivity index (χ2n) is 6.25. The first-order valence-electron chi connectivity index (χ1n) is 9.29. The van der Waals surface area contributed by atoms with Crippen LogP contribution in [0.2, 0.25) is 0 Å². The Balaban J connectivity index is 0.000000257. The van der Waals surface area contributed by atoms with E-state index >= 15 is 0 Å². The van der Waals surface area contributed by atoms with Crippen LogP contribution in [0.1, 0.15) is 54.4 Å². The topological polar surface area (TPSA) is 134 Å². The van der Waals surface area contributed by atoms with Crippen molar-refractivity contribution < 1.29 is 15.3 Å². The third-order valence-electron chi connectivity index (χ3n) is 4.24. The summed E-state index contributed by atoms with van der Waals surface area (Å²) >= 11 is 0. The van der Waals surface area contributed by atoms with Crippen molar-refractivity contribution in [3.8, 4) is 0 Å². The first kappa shape index (κ1) is 23.6. The van der Waals surface area contributed by atoms with Gasteiger partial charge in [-0.05, 0) is 68.4 Å². The fourth-order valence-electron chi connectivity index (χ4n) is 2.87. The molecule has 0 radical (unpaired) electrons. The third-order valence-corrected chi connectivity index (χ3v) is 4.24. The SMILES string of the molecule is CC(=N)c1cccc(CCCO)n1.CO.N=C1CCCc2c(CO)ccnc21. The molecule has 0 saturated heterocycles. The molecule has 0 fully saturated rings. The first-order chi connectivity index (χ1) is 13.6. The van der Waals surface area contributed by atoms with Gasteiger partial charge in [-0.1, -0.05) is 6.07 Å². The van der Waals surface area contributed by atoms with Gasteiger partial charge in [0.05, 0.1) is 29.4 Å². The van der Waals surface area contributed by atoms with E-state index in [1.54, 1.807) is 13.1 Å². The van der Waals surface area contributed by atoms with Crippen LogP contribution in [0.3, 0.4) is 0 Å². The van der Waals surface area contributed by atoms with E-state index in [1.807, 2.05) is 24.3 Å². The fourth-order valence-corrected chi connectivity index (χ4v) is 2.87. The van der Waals surface area contributed by atoms with E-state index in [1.165, 1.54) is 0 Å². The number of fused-ring (bicyclic) bond motifs is 1. The van der Waals surface area contributed by atoms with Gasteiger partial charge in [-0.25, -0.2) is 0 Å². The Morgan fingerprint density at radius 1 is 1.14 bits per heavy atom. The van der Waals surface area contributed by atoms with Crippen LogP contribution < -0.4 is 0 Å². The summed E-state index contributed by atoms with van der Waals surface area (Å²) in [6.07, 6.45) is 5.94. The highest BCUT2D eigenvalue weighted by molar-refractivity contribution is 5.98. The van der Waals surface area contributed by atoms with E-state index in [-0.39, 0.29) is 13.2 Å². The van der Waals surface area contributed by atoms with Crippen molar-refractivity contribution in [2.45, 2.75) is 45.6 Å². The number of aliphatic hydroxyl groups excluding tert-OH is 3. The lowest BCUT2D eigenvalue weighted by Gasteiger charge is -2.17. The summed E-state index contributed by atoms with van der Waals surface area (Å²) < 4.78 is 0. The lowest BCUT2D eigenvalue weighted by molar-refractivity contribution is 0.280. The highest BCUT2D eigenvalue weighted by Crippen LogP contribution is 2.22. The molecule has 7 heteroatoms. The van der Waals surface area contributed by atoms with E-state index in [0.717, 1.165) is 67.4 Å². The fraction of sp³-hybridized carbons (Fsp3) is 0.429. The summed E-state index contributed by atoms with van der Waals surface area (Å²) in [5, 5.41) is 39.8.